The molecule has 0 atom stereocenters. The molecule has 2 rings (SSSR count). The maximum atomic E-state index is 5.16. The first-order chi connectivity index (χ1) is 11.2. The molecule has 0 unspecified atom stereocenters. The third kappa shape index (κ3) is 7.04. The van der Waals surface area contributed by atoms with Gasteiger partial charge < -0.3 is 15.4 Å². The van der Waals surface area contributed by atoms with Gasteiger partial charge in [-0.3, -0.25) is 0 Å². The summed E-state index contributed by atoms with van der Waals surface area (Å²) in [6.45, 7) is 6.38. The summed E-state index contributed by atoms with van der Waals surface area (Å²) < 4.78 is 5.16. The highest BCUT2D eigenvalue weighted by atomic mass is 127. The van der Waals surface area contributed by atoms with Crippen molar-refractivity contribution in [1.82, 2.24) is 15.6 Å². The number of aryl methyl sites for hydroxylation is 1. The molecule has 132 valence electrons. The molecule has 24 heavy (non-hydrogen) atoms. The van der Waals surface area contributed by atoms with Crippen LogP contribution in [0.4, 0.5) is 0 Å². The number of hydrogen-bond acceptors (Lipinski definition) is 4. The SMILES string of the molecule is CCNC(=NCc1ccc(OC)cc1)NCCc1csc(C)n1.I. The molecule has 0 amide bonds. The standard InChI is InChI=1S/C17H24N4OS.HI/c1-4-18-17(19-10-9-15-12-23-13(2)21-15)20-11-14-5-7-16(22-3)8-6-14;/h5-8,12H,4,9-11H2,1-3H3,(H2,18,19,20);1H. The van der Waals surface area contributed by atoms with Gasteiger partial charge >= 0.3 is 0 Å². The fourth-order valence-electron chi connectivity index (χ4n) is 2.08. The topological polar surface area (TPSA) is 58.5 Å². The third-order valence-corrected chi connectivity index (χ3v) is 4.09. The molecule has 0 aliphatic heterocycles. The molecular weight excluding hydrogens is 435 g/mol. The molecule has 7 heteroatoms. The summed E-state index contributed by atoms with van der Waals surface area (Å²) in [6, 6.07) is 7.97. The number of rotatable bonds is 7. The summed E-state index contributed by atoms with van der Waals surface area (Å²) in [5.74, 6) is 1.69. The van der Waals surface area contributed by atoms with Gasteiger partial charge in [0.1, 0.15) is 5.75 Å². The third-order valence-electron chi connectivity index (χ3n) is 3.26. The van der Waals surface area contributed by atoms with Crippen LogP contribution in [-0.2, 0) is 13.0 Å². The summed E-state index contributed by atoms with van der Waals surface area (Å²) >= 11 is 1.69. The molecule has 2 N–H and O–H groups in total. The van der Waals surface area contributed by atoms with Crippen molar-refractivity contribution in [1.29, 1.82) is 0 Å². The second kappa shape index (κ2) is 11.2. The zero-order chi connectivity index (χ0) is 16.5. The maximum absolute atomic E-state index is 5.16. The Morgan fingerprint density at radius 2 is 2.00 bits per heavy atom. The molecule has 0 saturated carbocycles. The van der Waals surface area contributed by atoms with E-state index in [0.29, 0.717) is 6.54 Å². The minimum Gasteiger partial charge on any atom is -0.497 e. The number of nitrogens with zero attached hydrogens (tertiary/aromatic N) is 2. The minimum atomic E-state index is 0. The van der Waals surface area contributed by atoms with E-state index in [9.17, 15) is 0 Å². The Balaban J connectivity index is 0.00000288. The lowest BCUT2D eigenvalue weighted by molar-refractivity contribution is 0.414. The lowest BCUT2D eigenvalue weighted by atomic mass is 10.2. The maximum Gasteiger partial charge on any atom is 0.191 e. The second-order valence-electron chi connectivity index (χ2n) is 5.08. The molecule has 0 radical (unpaired) electrons. The molecule has 2 aromatic rings. The molecular formula is C17H25IN4OS. The van der Waals surface area contributed by atoms with Crippen molar-refractivity contribution < 1.29 is 4.74 Å². The summed E-state index contributed by atoms with van der Waals surface area (Å²) in [5.41, 5.74) is 2.28. The number of methoxy groups -OCH3 is 1. The van der Waals surface area contributed by atoms with Gasteiger partial charge in [-0.05, 0) is 31.5 Å². The summed E-state index contributed by atoms with van der Waals surface area (Å²) in [5, 5.41) is 9.83. The summed E-state index contributed by atoms with van der Waals surface area (Å²) in [6.07, 6.45) is 0.900. The number of nitrogens with one attached hydrogen (secondary N) is 2. The van der Waals surface area contributed by atoms with E-state index in [4.69, 9.17) is 4.74 Å². The number of guanidine groups is 1. The van der Waals surface area contributed by atoms with Gasteiger partial charge in [-0.1, -0.05) is 12.1 Å². The summed E-state index contributed by atoms with van der Waals surface area (Å²) in [7, 11) is 1.67. The van der Waals surface area contributed by atoms with Crippen molar-refractivity contribution in [2.45, 2.75) is 26.8 Å². The normalized spacial score (nSPS) is 10.9. The van der Waals surface area contributed by atoms with Gasteiger partial charge in [0.2, 0.25) is 0 Å². The molecule has 0 bridgehead atoms. The zero-order valence-corrected chi connectivity index (χ0v) is 17.5. The van der Waals surface area contributed by atoms with E-state index < -0.39 is 0 Å². The molecule has 1 heterocycles. The second-order valence-corrected chi connectivity index (χ2v) is 6.14. The Labute approximate surface area is 165 Å². The molecule has 1 aromatic carbocycles. The fourth-order valence-corrected chi connectivity index (χ4v) is 2.72. The van der Waals surface area contributed by atoms with Crippen molar-refractivity contribution in [3.8, 4) is 5.75 Å². The number of aliphatic imine (C=N–C) groups is 1. The van der Waals surface area contributed by atoms with E-state index in [1.54, 1.807) is 18.4 Å². The number of ether oxygens (including phenoxy) is 1. The average molecular weight is 460 g/mol. The molecule has 1 aromatic heterocycles. The van der Waals surface area contributed by atoms with E-state index in [0.717, 1.165) is 47.5 Å². The van der Waals surface area contributed by atoms with E-state index in [1.807, 2.05) is 31.2 Å². The van der Waals surface area contributed by atoms with Crippen molar-refractivity contribution in [3.63, 3.8) is 0 Å². The van der Waals surface area contributed by atoms with Crippen LogP contribution in [0.3, 0.4) is 0 Å². The number of hydrogen-bond donors (Lipinski definition) is 2. The van der Waals surface area contributed by atoms with E-state index in [1.165, 1.54) is 0 Å². The van der Waals surface area contributed by atoms with Gasteiger partial charge in [0.05, 0.1) is 24.4 Å². The zero-order valence-electron chi connectivity index (χ0n) is 14.3. The van der Waals surface area contributed by atoms with Crippen LogP contribution in [0.15, 0.2) is 34.6 Å². The fraction of sp³-hybridized carbons (Fsp3) is 0.412. The van der Waals surface area contributed by atoms with Gasteiger partial charge in [0, 0.05) is 24.9 Å². The highest BCUT2D eigenvalue weighted by Gasteiger charge is 2.01. The van der Waals surface area contributed by atoms with Crippen LogP contribution in [0.1, 0.15) is 23.2 Å². The van der Waals surface area contributed by atoms with Crippen LogP contribution in [0.5, 0.6) is 5.75 Å². The number of benzene rings is 1. The van der Waals surface area contributed by atoms with Gasteiger partial charge in [-0.15, -0.1) is 35.3 Å². The lowest BCUT2D eigenvalue weighted by Gasteiger charge is -2.10. The Morgan fingerprint density at radius 1 is 1.25 bits per heavy atom. The van der Waals surface area contributed by atoms with E-state index in [-0.39, 0.29) is 24.0 Å². The van der Waals surface area contributed by atoms with Crippen molar-refractivity contribution in [2.24, 2.45) is 4.99 Å². The monoisotopic (exact) mass is 460 g/mol. The van der Waals surface area contributed by atoms with Crippen LogP contribution >= 0.6 is 35.3 Å². The predicted octanol–water partition coefficient (Wildman–Crippen LogP) is 3.38. The predicted molar refractivity (Wildman–Crippen MR) is 112 cm³/mol. The Morgan fingerprint density at radius 3 is 2.58 bits per heavy atom. The first-order valence-electron chi connectivity index (χ1n) is 7.77. The van der Waals surface area contributed by atoms with Crippen LogP contribution in [0, 0.1) is 6.92 Å². The van der Waals surface area contributed by atoms with E-state index in [2.05, 4.69) is 32.9 Å². The first kappa shape index (κ1) is 20.7. The molecule has 0 aliphatic rings. The molecule has 0 fully saturated rings. The average Bonchev–Trinajstić information content (AvgIpc) is 2.98. The van der Waals surface area contributed by atoms with Crippen LogP contribution in [0.25, 0.3) is 0 Å². The van der Waals surface area contributed by atoms with Crippen LogP contribution in [0.2, 0.25) is 0 Å². The Bertz CT molecular complexity index is 628. The molecule has 0 saturated heterocycles. The lowest BCUT2D eigenvalue weighted by Crippen LogP contribution is -2.38. The first-order valence-corrected chi connectivity index (χ1v) is 8.65. The van der Waals surface area contributed by atoms with Gasteiger partial charge in [0.25, 0.3) is 0 Å². The molecule has 5 nitrogen and oxygen atoms in total. The number of halogens is 1. The largest absolute Gasteiger partial charge is 0.497 e. The van der Waals surface area contributed by atoms with Gasteiger partial charge in [-0.25, -0.2) is 9.98 Å². The molecule has 0 aliphatic carbocycles. The minimum absolute atomic E-state index is 0. The van der Waals surface area contributed by atoms with Crippen molar-refractivity contribution in [3.05, 3.63) is 45.9 Å². The number of aromatic nitrogens is 1. The molecule has 0 spiro atoms. The summed E-state index contributed by atoms with van der Waals surface area (Å²) in [4.78, 5) is 9.08. The smallest absolute Gasteiger partial charge is 0.191 e. The highest BCUT2D eigenvalue weighted by molar-refractivity contribution is 14.0. The van der Waals surface area contributed by atoms with Crippen molar-refractivity contribution in [2.75, 3.05) is 20.2 Å². The van der Waals surface area contributed by atoms with Crippen molar-refractivity contribution >= 4 is 41.3 Å². The Kier molecular flexibility index (Phi) is 9.70. The Hall–Kier alpha value is -1.35. The van der Waals surface area contributed by atoms with Crippen LogP contribution in [-0.4, -0.2) is 31.1 Å². The van der Waals surface area contributed by atoms with Crippen LogP contribution < -0.4 is 15.4 Å². The van der Waals surface area contributed by atoms with Gasteiger partial charge in [-0.2, -0.15) is 0 Å². The number of thiazole rings is 1. The van der Waals surface area contributed by atoms with Gasteiger partial charge in [0.15, 0.2) is 5.96 Å². The van der Waals surface area contributed by atoms with E-state index >= 15 is 0 Å². The quantitative estimate of drug-likeness (QED) is 0.378. The highest BCUT2D eigenvalue weighted by Crippen LogP contribution is 2.12.